The SMILES string of the molecule is CCCNC1CCN(C(C)CC2CC2)C1. The minimum absolute atomic E-state index is 0.770. The molecule has 2 rings (SSSR count). The third-order valence-corrected chi connectivity index (χ3v) is 3.90. The first-order valence-corrected chi connectivity index (χ1v) is 6.77. The lowest BCUT2D eigenvalue weighted by Gasteiger charge is -2.24. The Hall–Kier alpha value is -0.0800. The van der Waals surface area contributed by atoms with E-state index in [0.717, 1.165) is 18.0 Å². The molecule has 1 saturated carbocycles. The molecule has 0 aromatic carbocycles. The van der Waals surface area contributed by atoms with Crippen molar-refractivity contribution < 1.29 is 0 Å². The maximum absolute atomic E-state index is 3.64. The molecule has 2 fully saturated rings. The molecule has 15 heavy (non-hydrogen) atoms. The Bertz CT molecular complexity index is 189. The van der Waals surface area contributed by atoms with Gasteiger partial charge in [0.05, 0.1) is 0 Å². The van der Waals surface area contributed by atoms with Crippen molar-refractivity contribution in [2.45, 2.75) is 58.0 Å². The van der Waals surface area contributed by atoms with E-state index in [4.69, 9.17) is 0 Å². The van der Waals surface area contributed by atoms with Gasteiger partial charge in [-0.1, -0.05) is 19.8 Å². The number of hydrogen-bond donors (Lipinski definition) is 1. The van der Waals surface area contributed by atoms with Crippen molar-refractivity contribution >= 4 is 0 Å². The molecule has 0 radical (unpaired) electrons. The molecule has 0 aromatic heterocycles. The Labute approximate surface area is 94.4 Å². The molecule has 2 nitrogen and oxygen atoms in total. The van der Waals surface area contributed by atoms with Gasteiger partial charge in [-0.15, -0.1) is 0 Å². The molecule has 2 atom stereocenters. The topological polar surface area (TPSA) is 15.3 Å². The molecule has 0 aromatic rings. The standard InChI is InChI=1S/C13H26N2/c1-3-7-14-13-6-8-15(10-13)11(2)9-12-4-5-12/h11-14H,3-10H2,1-2H3. The van der Waals surface area contributed by atoms with Crippen molar-refractivity contribution in [1.82, 2.24) is 10.2 Å². The number of hydrogen-bond acceptors (Lipinski definition) is 2. The van der Waals surface area contributed by atoms with Crippen LogP contribution in [-0.4, -0.2) is 36.6 Å². The smallest absolute Gasteiger partial charge is 0.0207 e. The third-order valence-electron chi connectivity index (χ3n) is 3.90. The predicted octanol–water partition coefficient (Wildman–Crippen LogP) is 2.25. The largest absolute Gasteiger partial charge is 0.313 e. The Kier molecular flexibility index (Phi) is 4.04. The Morgan fingerprint density at radius 3 is 2.80 bits per heavy atom. The van der Waals surface area contributed by atoms with E-state index in [1.54, 1.807) is 0 Å². The van der Waals surface area contributed by atoms with Gasteiger partial charge in [0, 0.05) is 25.2 Å². The van der Waals surface area contributed by atoms with Crippen molar-refractivity contribution in [2.24, 2.45) is 5.92 Å². The summed E-state index contributed by atoms with van der Waals surface area (Å²) in [7, 11) is 0. The normalized spacial score (nSPS) is 29.6. The average Bonchev–Trinajstić information content (AvgIpc) is 2.92. The molecule has 1 heterocycles. The predicted molar refractivity (Wildman–Crippen MR) is 65.1 cm³/mol. The number of rotatable bonds is 6. The lowest BCUT2D eigenvalue weighted by Crippen LogP contribution is -2.36. The van der Waals surface area contributed by atoms with E-state index >= 15 is 0 Å². The van der Waals surface area contributed by atoms with Crippen molar-refractivity contribution in [3.63, 3.8) is 0 Å². The van der Waals surface area contributed by atoms with Gasteiger partial charge < -0.3 is 5.32 Å². The fraction of sp³-hybridized carbons (Fsp3) is 1.00. The fourth-order valence-electron chi connectivity index (χ4n) is 2.69. The highest BCUT2D eigenvalue weighted by Crippen LogP contribution is 2.35. The lowest BCUT2D eigenvalue weighted by molar-refractivity contribution is 0.233. The highest BCUT2D eigenvalue weighted by atomic mass is 15.2. The van der Waals surface area contributed by atoms with Crippen LogP contribution in [0.15, 0.2) is 0 Å². The van der Waals surface area contributed by atoms with Crippen LogP contribution in [0.3, 0.4) is 0 Å². The molecule has 1 saturated heterocycles. The van der Waals surface area contributed by atoms with Crippen LogP contribution in [0.4, 0.5) is 0 Å². The molecule has 1 aliphatic carbocycles. The van der Waals surface area contributed by atoms with Crippen molar-refractivity contribution in [3.05, 3.63) is 0 Å². The maximum atomic E-state index is 3.64. The van der Waals surface area contributed by atoms with Crippen LogP contribution >= 0.6 is 0 Å². The minimum atomic E-state index is 0.770. The highest BCUT2D eigenvalue weighted by molar-refractivity contribution is 4.86. The van der Waals surface area contributed by atoms with Crippen molar-refractivity contribution in [2.75, 3.05) is 19.6 Å². The monoisotopic (exact) mass is 210 g/mol. The Morgan fingerprint density at radius 2 is 2.13 bits per heavy atom. The second kappa shape index (κ2) is 5.31. The maximum Gasteiger partial charge on any atom is 0.0207 e. The summed E-state index contributed by atoms with van der Waals surface area (Å²) in [6, 6.07) is 1.59. The van der Waals surface area contributed by atoms with Crippen LogP contribution in [0.1, 0.15) is 46.0 Å². The van der Waals surface area contributed by atoms with Crippen LogP contribution in [0.25, 0.3) is 0 Å². The van der Waals surface area contributed by atoms with E-state index in [1.165, 1.54) is 51.7 Å². The Balaban J connectivity index is 1.66. The van der Waals surface area contributed by atoms with Gasteiger partial charge in [-0.25, -0.2) is 0 Å². The third kappa shape index (κ3) is 3.46. The van der Waals surface area contributed by atoms with Gasteiger partial charge in [0.15, 0.2) is 0 Å². The van der Waals surface area contributed by atoms with Gasteiger partial charge in [0.2, 0.25) is 0 Å². The zero-order valence-electron chi connectivity index (χ0n) is 10.3. The van der Waals surface area contributed by atoms with E-state index < -0.39 is 0 Å². The van der Waals surface area contributed by atoms with Gasteiger partial charge in [-0.2, -0.15) is 0 Å². The van der Waals surface area contributed by atoms with Gasteiger partial charge in [-0.3, -0.25) is 4.90 Å². The van der Waals surface area contributed by atoms with Crippen LogP contribution < -0.4 is 5.32 Å². The molecule has 0 amide bonds. The minimum Gasteiger partial charge on any atom is -0.313 e. The molecule has 2 heteroatoms. The van der Waals surface area contributed by atoms with Gasteiger partial charge in [-0.05, 0) is 38.6 Å². The summed E-state index contributed by atoms with van der Waals surface area (Å²) in [5.41, 5.74) is 0. The second-order valence-corrected chi connectivity index (χ2v) is 5.46. The quantitative estimate of drug-likeness (QED) is 0.723. The van der Waals surface area contributed by atoms with Gasteiger partial charge >= 0.3 is 0 Å². The number of likely N-dealkylation sites (tertiary alicyclic amines) is 1. The molecule has 1 N–H and O–H groups in total. The summed E-state index contributed by atoms with van der Waals surface area (Å²) in [6.07, 6.45) is 7.05. The van der Waals surface area contributed by atoms with Crippen LogP contribution in [0.2, 0.25) is 0 Å². The second-order valence-electron chi connectivity index (χ2n) is 5.46. The molecule has 88 valence electrons. The molecule has 1 aliphatic heterocycles. The molecule has 0 spiro atoms. The van der Waals surface area contributed by atoms with E-state index in [2.05, 4.69) is 24.1 Å². The molecule has 2 unspecified atom stereocenters. The lowest BCUT2D eigenvalue weighted by atomic mass is 10.1. The molecule has 0 bridgehead atoms. The van der Waals surface area contributed by atoms with Gasteiger partial charge in [0.25, 0.3) is 0 Å². The van der Waals surface area contributed by atoms with E-state index in [9.17, 15) is 0 Å². The molecule has 2 aliphatic rings. The van der Waals surface area contributed by atoms with Crippen LogP contribution in [0, 0.1) is 5.92 Å². The zero-order chi connectivity index (χ0) is 10.7. The number of nitrogens with zero attached hydrogens (tertiary/aromatic N) is 1. The summed E-state index contributed by atoms with van der Waals surface area (Å²) in [6.45, 7) is 8.45. The van der Waals surface area contributed by atoms with E-state index in [0.29, 0.717) is 0 Å². The summed E-state index contributed by atoms with van der Waals surface area (Å²) in [4.78, 5) is 2.69. The summed E-state index contributed by atoms with van der Waals surface area (Å²) < 4.78 is 0. The van der Waals surface area contributed by atoms with Crippen LogP contribution in [0.5, 0.6) is 0 Å². The van der Waals surface area contributed by atoms with E-state index in [-0.39, 0.29) is 0 Å². The first-order chi connectivity index (χ1) is 7.29. The van der Waals surface area contributed by atoms with Crippen molar-refractivity contribution in [3.8, 4) is 0 Å². The Morgan fingerprint density at radius 1 is 1.33 bits per heavy atom. The highest BCUT2D eigenvalue weighted by Gasteiger charge is 2.30. The first-order valence-electron chi connectivity index (χ1n) is 6.77. The summed E-state index contributed by atoms with van der Waals surface area (Å²) >= 11 is 0. The average molecular weight is 210 g/mol. The zero-order valence-corrected chi connectivity index (χ0v) is 10.3. The van der Waals surface area contributed by atoms with Gasteiger partial charge in [0.1, 0.15) is 0 Å². The van der Waals surface area contributed by atoms with E-state index in [1.807, 2.05) is 0 Å². The number of nitrogens with one attached hydrogen (secondary N) is 1. The summed E-state index contributed by atoms with van der Waals surface area (Å²) in [5.74, 6) is 1.07. The molecular weight excluding hydrogens is 184 g/mol. The first kappa shape index (κ1) is 11.4. The van der Waals surface area contributed by atoms with Crippen LogP contribution in [-0.2, 0) is 0 Å². The molecular formula is C13H26N2. The fourth-order valence-corrected chi connectivity index (χ4v) is 2.69. The van der Waals surface area contributed by atoms with Crippen molar-refractivity contribution in [1.29, 1.82) is 0 Å². The summed E-state index contributed by atoms with van der Waals surface area (Å²) in [5, 5.41) is 3.64.